The Labute approximate surface area is 177 Å². The molecule has 158 valence electrons. The van der Waals surface area contributed by atoms with Crippen molar-refractivity contribution in [1.82, 2.24) is 29.5 Å². The van der Waals surface area contributed by atoms with E-state index in [2.05, 4.69) is 20.4 Å². The zero-order valence-corrected chi connectivity index (χ0v) is 17.5. The standard InChI is InChI=1S/C23H23FN6O/c1-13-7-18(28-30-11-14(2)27-21(13)30)15-8-17(24)20-19(9-15)25-12-29(22(20)31)16-3-6-26-23(10-16)4-5-23/h7-9,11-12,16,26H,3-6,10H2,1-2H3. The average molecular weight is 418 g/mol. The number of rotatable bonds is 2. The summed E-state index contributed by atoms with van der Waals surface area (Å²) in [7, 11) is 0. The second-order valence-electron chi connectivity index (χ2n) is 9.03. The predicted molar refractivity (Wildman–Crippen MR) is 116 cm³/mol. The Bertz CT molecular complexity index is 1420. The van der Waals surface area contributed by atoms with Crippen molar-refractivity contribution in [3.8, 4) is 11.3 Å². The first kappa shape index (κ1) is 18.6. The third-order valence-electron chi connectivity index (χ3n) is 6.72. The van der Waals surface area contributed by atoms with Crippen molar-refractivity contribution in [2.24, 2.45) is 0 Å². The molecule has 0 amide bonds. The van der Waals surface area contributed by atoms with Gasteiger partial charge in [0.25, 0.3) is 5.56 Å². The summed E-state index contributed by atoms with van der Waals surface area (Å²) in [5.74, 6) is -0.559. The van der Waals surface area contributed by atoms with Crippen LogP contribution in [0.2, 0.25) is 0 Å². The van der Waals surface area contributed by atoms with Crippen molar-refractivity contribution in [3.63, 3.8) is 0 Å². The van der Waals surface area contributed by atoms with Crippen molar-refractivity contribution in [2.75, 3.05) is 6.54 Å². The van der Waals surface area contributed by atoms with Crippen LogP contribution in [-0.4, -0.2) is 36.2 Å². The monoisotopic (exact) mass is 418 g/mol. The van der Waals surface area contributed by atoms with E-state index in [4.69, 9.17) is 0 Å². The molecule has 3 aromatic heterocycles. The van der Waals surface area contributed by atoms with Crippen molar-refractivity contribution < 1.29 is 4.39 Å². The van der Waals surface area contributed by atoms with Gasteiger partial charge in [-0.3, -0.25) is 9.36 Å². The van der Waals surface area contributed by atoms with E-state index in [1.165, 1.54) is 6.07 Å². The van der Waals surface area contributed by atoms with Gasteiger partial charge in [-0.25, -0.2) is 18.9 Å². The normalized spacial score (nSPS) is 20.0. The lowest BCUT2D eigenvalue weighted by atomic mass is 9.97. The van der Waals surface area contributed by atoms with Crippen molar-refractivity contribution >= 4 is 16.6 Å². The van der Waals surface area contributed by atoms with Gasteiger partial charge in [0, 0.05) is 17.1 Å². The molecule has 2 fully saturated rings. The number of halogens is 1. The Morgan fingerprint density at radius 1 is 1.23 bits per heavy atom. The fraction of sp³-hybridized carbons (Fsp3) is 0.391. The topological polar surface area (TPSA) is 77.1 Å². The Morgan fingerprint density at radius 2 is 2.06 bits per heavy atom. The minimum Gasteiger partial charge on any atom is -0.311 e. The molecule has 1 N–H and O–H groups in total. The van der Waals surface area contributed by atoms with Crippen molar-refractivity contribution in [2.45, 2.75) is 51.1 Å². The maximum Gasteiger partial charge on any atom is 0.264 e. The lowest BCUT2D eigenvalue weighted by molar-refractivity contribution is 0.281. The van der Waals surface area contributed by atoms with Crippen LogP contribution >= 0.6 is 0 Å². The second kappa shape index (κ2) is 6.43. The second-order valence-corrected chi connectivity index (χ2v) is 9.03. The molecule has 31 heavy (non-hydrogen) atoms. The zero-order valence-electron chi connectivity index (χ0n) is 17.5. The molecular weight excluding hydrogens is 395 g/mol. The molecule has 1 spiro atoms. The van der Waals surface area contributed by atoms with Crippen LogP contribution < -0.4 is 10.9 Å². The van der Waals surface area contributed by atoms with Crippen LogP contribution in [0.1, 0.15) is 43.0 Å². The summed E-state index contributed by atoms with van der Waals surface area (Å²) in [6, 6.07) is 5.07. The fourth-order valence-corrected chi connectivity index (χ4v) is 4.90. The highest BCUT2D eigenvalue weighted by atomic mass is 19.1. The van der Waals surface area contributed by atoms with Crippen molar-refractivity contribution in [1.29, 1.82) is 0 Å². The van der Waals surface area contributed by atoms with Gasteiger partial charge in [-0.15, -0.1) is 0 Å². The van der Waals surface area contributed by atoms with Crippen LogP contribution in [0.3, 0.4) is 0 Å². The van der Waals surface area contributed by atoms with Crippen molar-refractivity contribution in [3.05, 3.63) is 58.2 Å². The van der Waals surface area contributed by atoms with E-state index in [-0.39, 0.29) is 22.5 Å². The van der Waals surface area contributed by atoms with E-state index in [1.54, 1.807) is 21.5 Å². The number of aromatic nitrogens is 5. The molecule has 4 aromatic rings. The molecule has 0 radical (unpaired) electrons. The summed E-state index contributed by atoms with van der Waals surface area (Å²) in [5.41, 5.74) is 4.02. The molecule has 1 unspecified atom stereocenters. The molecule has 1 aliphatic heterocycles. The first-order valence-corrected chi connectivity index (χ1v) is 10.7. The third kappa shape index (κ3) is 2.96. The van der Waals surface area contributed by atoms with Gasteiger partial charge >= 0.3 is 0 Å². The molecule has 2 aliphatic rings. The van der Waals surface area contributed by atoms with Gasteiger partial charge in [-0.1, -0.05) is 0 Å². The highest BCUT2D eigenvalue weighted by molar-refractivity contribution is 5.83. The van der Waals surface area contributed by atoms with Gasteiger partial charge in [0.15, 0.2) is 5.65 Å². The van der Waals surface area contributed by atoms with Crippen LogP contribution in [0.4, 0.5) is 4.39 Å². The maximum absolute atomic E-state index is 15.2. The summed E-state index contributed by atoms with van der Waals surface area (Å²) in [4.78, 5) is 22.1. The average Bonchev–Trinajstić information content (AvgIpc) is 3.35. The van der Waals surface area contributed by atoms with Gasteiger partial charge in [0.2, 0.25) is 0 Å². The smallest absolute Gasteiger partial charge is 0.264 e. The Morgan fingerprint density at radius 3 is 2.87 bits per heavy atom. The molecule has 8 heteroatoms. The van der Waals surface area contributed by atoms with Gasteiger partial charge in [0.05, 0.1) is 29.4 Å². The molecule has 1 aromatic carbocycles. The number of nitrogens with zero attached hydrogens (tertiary/aromatic N) is 5. The SMILES string of the molecule is Cc1cn2nc(-c3cc(F)c4c(=O)n(C5CCNC6(CC6)C5)cnc4c3)cc(C)c2n1. The van der Waals surface area contributed by atoms with Gasteiger partial charge in [0.1, 0.15) is 11.2 Å². The van der Waals surface area contributed by atoms with E-state index in [0.29, 0.717) is 16.8 Å². The molecule has 6 rings (SSSR count). The molecule has 7 nitrogen and oxygen atoms in total. The predicted octanol–water partition coefficient (Wildman–Crippen LogP) is 3.32. The third-order valence-corrected chi connectivity index (χ3v) is 6.72. The highest BCUT2D eigenvalue weighted by Gasteiger charge is 2.46. The first-order chi connectivity index (χ1) is 14.9. The van der Waals surface area contributed by atoms with E-state index in [9.17, 15) is 4.79 Å². The summed E-state index contributed by atoms with van der Waals surface area (Å²) < 4.78 is 18.6. The highest BCUT2D eigenvalue weighted by Crippen LogP contribution is 2.45. The number of benzene rings is 1. The lowest BCUT2D eigenvalue weighted by Gasteiger charge is -2.31. The number of fused-ring (bicyclic) bond motifs is 2. The van der Waals surface area contributed by atoms with E-state index in [1.807, 2.05) is 26.1 Å². The quantitative estimate of drug-likeness (QED) is 0.540. The largest absolute Gasteiger partial charge is 0.311 e. The maximum atomic E-state index is 15.2. The van der Waals surface area contributed by atoms with Crippen LogP contribution in [0.15, 0.2) is 35.5 Å². The van der Waals surface area contributed by atoms with E-state index < -0.39 is 5.82 Å². The summed E-state index contributed by atoms with van der Waals surface area (Å²) >= 11 is 0. The van der Waals surface area contributed by atoms with Crippen LogP contribution in [0.5, 0.6) is 0 Å². The Balaban J connectivity index is 1.45. The number of hydrogen-bond acceptors (Lipinski definition) is 5. The lowest BCUT2D eigenvalue weighted by Crippen LogP contribution is -2.42. The Hall–Kier alpha value is -3.13. The van der Waals surface area contributed by atoms with Crippen LogP contribution in [-0.2, 0) is 0 Å². The van der Waals surface area contributed by atoms with Crippen LogP contribution in [0, 0.1) is 19.7 Å². The summed E-state index contributed by atoms with van der Waals surface area (Å²) in [5, 5.41) is 8.19. The molecule has 4 heterocycles. The number of hydrogen-bond donors (Lipinski definition) is 1. The molecule has 1 saturated heterocycles. The minimum absolute atomic E-state index is 0.0471. The molecule has 1 atom stereocenters. The van der Waals surface area contributed by atoms with Gasteiger partial charge in [-0.2, -0.15) is 5.10 Å². The summed E-state index contributed by atoms with van der Waals surface area (Å²) in [6.07, 6.45) is 7.46. The van der Waals surface area contributed by atoms with Gasteiger partial charge < -0.3 is 5.32 Å². The number of aryl methyl sites for hydroxylation is 2. The molecule has 1 saturated carbocycles. The fourth-order valence-electron chi connectivity index (χ4n) is 4.90. The summed E-state index contributed by atoms with van der Waals surface area (Å²) in [6.45, 7) is 4.73. The molecule has 1 aliphatic carbocycles. The number of nitrogens with one attached hydrogen (secondary N) is 1. The minimum atomic E-state index is -0.559. The first-order valence-electron chi connectivity index (χ1n) is 10.7. The molecular formula is C23H23FN6O. The molecule has 0 bridgehead atoms. The zero-order chi connectivity index (χ0) is 21.3. The Kier molecular flexibility index (Phi) is 3.87. The number of imidazole rings is 1. The van der Waals surface area contributed by atoms with E-state index >= 15 is 4.39 Å². The van der Waals surface area contributed by atoms with Crippen LogP contribution in [0.25, 0.3) is 27.8 Å². The van der Waals surface area contributed by atoms with E-state index in [0.717, 1.165) is 49.1 Å². The van der Waals surface area contributed by atoms with Gasteiger partial charge in [-0.05, 0) is 69.8 Å². The number of piperidine rings is 1.